The number of phenolic OH excluding ortho intramolecular Hbond substituents is 2. The van der Waals surface area contributed by atoms with Gasteiger partial charge in [0.25, 0.3) is 0 Å². The number of carbonyl (C=O) groups is 1. The number of aryl methyl sites for hydroxylation is 1. The topological polar surface area (TPSA) is 66.8 Å². The highest BCUT2D eigenvalue weighted by atomic mass is 16.5. The summed E-state index contributed by atoms with van der Waals surface area (Å²) in [6.45, 7) is 8.98. The Morgan fingerprint density at radius 3 is 1.75 bits per heavy atom. The molecule has 0 saturated carbocycles. The number of benzene rings is 2. The molecule has 48 heavy (non-hydrogen) atoms. The Bertz CT molecular complexity index is 1400. The van der Waals surface area contributed by atoms with Gasteiger partial charge in [-0.2, -0.15) is 0 Å². The Morgan fingerprint density at radius 2 is 1.15 bits per heavy atom. The molecule has 0 radical (unpaired) electrons. The van der Waals surface area contributed by atoms with Crippen molar-refractivity contribution in [2.24, 2.45) is 11.8 Å². The van der Waals surface area contributed by atoms with E-state index in [1.165, 1.54) is 38.2 Å². The molecular formula is C44H58O4. The van der Waals surface area contributed by atoms with Crippen LogP contribution in [0.1, 0.15) is 102 Å². The molecule has 0 aliphatic carbocycles. The van der Waals surface area contributed by atoms with E-state index in [4.69, 9.17) is 4.74 Å². The number of esters is 1. The van der Waals surface area contributed by atoms with Crippen molar-refractivity contribution in [3.63, 3.8) is 0 Å². The second kappa shape index (κ2) is 24.8. The fourth-order valence-corrected chi connectivity index (χ4v) is 5.12. The van der Waals surface area contributed by atoms with Gasteiger partial charge in [0.15, 0.2) is 0 Å². The molecular weight excluding hydrogens is 592 g/mol. The van der Waals surface area contributed by atoms with Crippen molar-refractivity contribution in [2.75, 3.05) is 0 Å². The summed E-state index contributed by atoms with van der Waals surface area (Å²) >= 11 is 0. The molecule has 0 bridgehead atoms. The van der Waals surface area contributed by atoms with E-state index in [9.17, 15) is 15.0 Å². The summed E-state index contributed by atoms with van der Waals surface area (Å²) in [6.07, 6.45) is 38.1. The first-order chi connectivity index (χ1) is 23.2. The molecule has 0 fully saturated rings. The first kappa shape index (κ1) is 39.9. The lowest BCUT2D eigenvalue weighted by molar-refractivity contribution is -0.129. The van der Waals surface area contributed by atoms with Crippen LogP contribution in [0.5, 0.6) is 17.2 Å². The molecule has 0 aliphatic rings. The minimum Gasteiger partial charge on any atom is -0.508 e. The average Bonchev–Trinajstić information content (AvgIpc) is 3.04. The predicted molar refractivity (Wildman–Crippen MR) is 204 cm³/mol. The van der Waals surface area contributed by atoms with Crippen molar-refractivity contribution in [1.29, 1.82) is 0 Å². The van der Waals surface area contributed by atoms with Crippen molar-refractivity contribution in [2.45, 2.75) is 98.3 Å². The van der Waals surface area contributed by atoms with E-state index in [2.05, 4.69) is 27.7 Å². The molecule has 0 saturated heterocycles. The normalized spacial score (nSPS) is 12.7. The van der Waals surface area contributed by atoms with Crippen LogP contribution in [0.2, 0.25) is 0 Å². The largest absolute Gasteiger partial charge is 0.508 e. The van der Waals surface area contributed by atoms with Gasteiger partial charge in [0.2, 0.25) is 0 Å². The van der Waals surface area contributed by atoms with E-state index in [1.807, 2.05) is 91.1 Å². The minimum atomic E-state index is -0.454. The van der Waals surface area contributed by atoms with E-state index in [1.54, 1.807) is 24.3 Å². The maximum absolute atomic E-state index is 12.7. The molecule has 258 valence electrons. The van der Waals surface area contributed by atoms with Gasteiger partial charge >= 0.3 is 5.97 Å². The van der Waals surface area contributed by atoms with Crippen LogP contribution >= 0.6 is 0 Å². The van der Waals surface area contributed by atoms with E-state index < -0.39 is 5.97 Å². The van der Waals surface area contributed by atoms with Crippen molar-refractivity contribution in [1.82, 2.24) is 0 Å². The number of carbonyl (C=O) groups excluding carboxylic acids is 1. The third-order valence-electron chi connectivity index (χ3n) is 7.80. The molecule has 0 atom stereocenters. The smallest absolute Gasteiger partial charge is 0.336 e. The van der Waals surface area contributed by atoms with Crippen LogP contribution in [0.15, 0.2) is 115 Å². The lowest BCUT2D eigenvalue weighted by Gasteiger charge is -2.14. The number of hydrogen-bond donors (Lipinski definition) is 2. The van der Waals surface area contributed by atoms with Gasteiger partial charge in [-0.1, -0.05) is 164 Å². The number of ether oxygens (including phenoxy) is 1. The molecule has 4 heteroatoms. The van der Waals surface area contributed by atoms with Crippen LogP contribution in [-0.2, 0) is 17.6 Å². The first-order valence-electron chi connectivity index (χ1n) is 17.8. The quantitative estimate of drug-likeness (QED) is 0.0437. The zero-order valence-corrected chi connectivity index (χ0v) is 29.7. The second-order valence-corrected chi connectivity index (χ2v) is 13.1. The third-order valence-corrected chi connectivity index (χ3v) is 7.80. The SMILES string of the molecule is CC(C)CCCCCCCCc1c(O)cc(CCCC(C)C)cc1OC(=O)C=CC=CC=CC=CC=CC=CC=Cc1ccc(O)cc1. The van der Waals surface area contributed by atoms with E-state index in [-0.39, 0.29) is 11.5 Å². The highest BCUT2D eigenvalue weighted by Crippen LogP contribution is 2.33. The van der Waals surface area contributed by atoms with Crippen molar-refractivity contribution >= 4 is 12.0 Å². The van der Waals surface area contributed by atoms with Crippen LogP contribution < -0.4 is 4.74 Å². The molecule has 2 aromatic rings. The maximum atomic E-state index is 12.7. The Balaban J connectivity index is 1.84. The van der Waals surface area contributed by atoms with Crippen LogP contribution in [0.3, 0.4) is 0 Å². The molecule has 0 amide bonds. The van der Waals surface area contributed by atoms with Crippen molar-refractivity contribution < 1.29 is 19.7 Å². The number of unbranched alkanes of at least 4 members (excludes halogenated alkanes) is 5. The Kier molecular flexibility index (Phi) is 20.6. The molecule has 0 aromatic heterocycles. The molecule has 0 heterocycles. The minimum absolute atomic E-state index is 0.229. The molecule has 2 N–H and O–H groups in total. The molecule has 0 unspecified atom stereocenters. The summed E-state index contributed by atoms with van der Waals surface area (Å²) in [4.78, 5) is 12.7. The zero-order valence-electron chi connectivity index (χ0n) is 29.7. The summed E-state index contributed by atoms with van der Waals surface area (Å²) in [7, 11) is 0. The number of aromatic hydroxyl groups is 2. The lowest BCUT2D eigenvalue weighted by atomic mass is 9.98. The summed E-state index contributed by atoms with van der Waals surface area (Å²) in [5.74, 6) is 1.91. The van der Waals surface area contributed by atoms with Gasteiger partial charge in [0.05, 0.1) is 0 Å². The van der Waals surface area contributed by atoms with E-state index >= 15 is 0 Å². The number of allylic oxidation sites excluding steroid dienone is 12. The summed E-state index contributed by atoms with van der Waals surface area (Å²) in [6, 6.07) is 10.8. The van der Waals surface area contributed by atoms with Gasteiger partial charge in [-0.05, 0) is 72.9 Å². The standard InChI is InChI=1S/C44H58O4/c1-36(2)24-19-15-13-14-17-21-28-41-42(46)34-39(27-23-25-37(3)4)35-43(41)48-44(47)29-22-18-12-10-8-6-5-7-9-11-16-20-26-38-30-32-40(45)33-31-38/h5-12,16,18,20,22,26,29-37,45-46H,13-15,17,19,21,23-25,27-28H2,1-4H3. The van der Waals surface area contributed by atoms with Crippen LogP contribution in [0.25, 0.3) is 6.08 Å². The van der Waals surface area contributed by atoms with E-state index in [0.29, 0.717) is 18.1 Å². The summed E-state index contributed by atoms with van der Waals surface area (Å²) < 4.78 is 5.79. The van der Waals surface area contributed by atoms with Gasteiger partial charge in [-0.15, -0.1) is 0 Å². The van der Waals surface area contributed by atoms with Gasteiger partial charge in [0, 0.05) is 11.6 Å². The van der Waals surface area contributed by atoms with Gasteiger partial charge in [0.1, 0.15) is 17.2 Å². The molecule has 2 rings (SSSR count). The molecule has 2 aromatic carbocycles. The van der Waals surface area contributed by atoms with E-state index in [0.717, 1.165) is 54.7 Å². The Hall–Kier alpha value is -4.31. The van der Waals surface area contributed by atoms with Crippen LogP contribution in [0, 0.1) is 11.8 Å². The van der Waals surface area contributed by atoms with Gasteiger partial charge in [-0.25, -0.2) is 4.79 Å². The van der Waals surface area contributed by atoms with Crippen LogP contribution in [-0.4, -0.2) is 16.2 Å². The maximum Gasteiger partial charge on any atom is 0.336 e. The highest BCUT2D eigenvalue weighted by molar-refractivity contribution is 5.84. The fourth-order valence-electron chi connectivity index (χ4n) is 5.12. The fraction of sp³-hybridized carbons (Fsp3) is 0.386. The zero-order chi connectivity index (χ0) is 34.8. The summed E-state index contributed by atoms with van der Waals surface area (Å²) in [5, 5.41) is 20.2. The van der Waals surface area contributed by atoms with Crippen LogP contribution in [0.4, 0.5) is 0 Å². The Morgan fingerprint density at radius 1 is 0.625 bits per heavy atom. The van der Waals surface area contributed by atoms with Crippen molar-refractivity contribution in [3.8, 4) is 17.2 Å². The van der Waals surface area contributed by atoms with Gasteiger partial charge in [-0.3, -0.25) is 0 Å². The number of rotatable bonds is 22. The molecule has 0 aliphatic heterocycles. The predicted octanol–water partition coefficient (Wildman–Crippen LogP) is 12.0. The van der Waals surface area contributed by atoms with Gasteiger partial charge < -0.3 is 14.9 Å². The molecule has 4 nitrogen and oxygen atoms in total. The Labute approximate surface area is 290 Å². The first-order valence-corrected chi connectivity index (χ1v) is 17.8. The monoisotopic (exact) mass is 650 g/mol. The molecule has 0 spiro atoms. The van der Waals surface area contributed by atoms with Crippen molar-refractivity contribution in [3.05, 3.63) is 132 Å². The highest BCUT2D eigenvalue weighted by Gasteiger charge is 2.14. The third kappa shape index (κ3) is 19.4. The number of phenols is 2. The average molecular weight is 651 g/mol. The summed E-state index contributed by atoms with van der Waals surface area (Å²) in [5.41, 5.74) is 2.75. The second-order valence-electron chi connectivity index (χ2n) is 13.1. The number of hydrogen-bond acceptors (Lipinski definition) is 4. The lowest BCUT2D eigenvalue weighted by Crippen LogP contribution is -2.07.